The fourth-order valence-electron chi connectivity index (χ4n) is 1.59. The number of aliphatic carboxylic acids is 1. The Labute approximate surface area is 97.0 Å². The molecule has 1 aromatic carbocycles. The number of H-pyrrole nitrogens is 1. The van der Waals surface area contributed by atoms with Gasteiger partial charge in [0.25, 0.3) is 0 Å². The Hall–Kier alpha value is -1.52. The highest BCUT2D eigenvalue weighted by atomic mass is 35.5. The van der Waals surface area contributed by atoms with Crippen LogP contribution < -0.4 is 5.73 Å². The van der Waals surface area contributed by atoms with Gasteiger partial charge >= 0.3 is 5.97 Å². The van der Waals surface area contributed by atoms with Gasteiger partial charge in [-0.2, -0.15) is 0 Å². The number of carboxylic acids is 1. The maximum absolute atomic E-state index is 10.6. The monoisotopic (exact) mass is 238 g/mol. The standard InChI is InChI=1S/C11H11ClN2O2/c12-7-2-1-6-3-8(14-10(6)4-7)5-9(13)11(15)16/h1-4,9,14H,5,13H2,(H,15,16)/t9-/m0/s1. The fourth-order valence-corrected chi connectivity index (χ4v) is 1.77. The maximum Gasteiger partial charge on any atom is 0.320 e. The zero-order chi connectivity index (χ0) is 11.7. The third-order valence-electron chi connectivity index (χ3n) is 2.40. The molecule has 1 atom stereocenters. The molecule has 0 saturated heterocycles. The van der Waals surface area contributed by atoms with E-state index in [1.54, 1.807) is 12.1 Å². The highest BCUT2D eigenvalue weighted by Gasteiger charge is 2.13. The summed E-state index contributed by atoms with van der Waals surface area (Å²) in [5.41, 5.74) is 7.14. The van der Waals surface area contributed by atoms with Gasteiger partial charge in [0.15, 0.2) is 0 Å². The molecule has 16 heavy (non-hydrogen) atoms. The average Bonchev–Trinajstić information content (AvgIpc) is 2.58. The average molecular weight is 239 g/mol. The van der Waals surface area contributed by atoms with Crippen LogP contribution in [-0.4, -0.2) is 22.1 Å². The second-order valence-electron chi connectivity index (χ2n) is 3.68. The third kappa shape index (κ3) is 2.18. The normalized spacial score (nSPS) is 12.9. The summed E-state index contributed by atoms with van der Waals surface area (Å²) in [6.45, 7) is 0. The van der Waals surface area contributed by atoms with Crippen LogP contribution in [0.2, 0.25) is 5.02 Å². The van der Waals surface area contributed by atoms with E-state index in [9.17, 15) is 4.79 Å². The lowest BCUT2D eigenvalue weighted by Gasteiger charge is -2.02. The van der Waals surface area contributed by atoms with Crippen LogP contribution in [0, 0.1) is 0 Å². The van der Waals surface area contributed by atoms with Crippen LogP contribution in [-0.2, 0) is 11.2 Å². The van der Waals surface area contributed by atoms with E-state index in [4.69, 9.17) is 22.4 Å². The Kier molecular flexibility index (Phi) is 2.85. The van der Waals surface area contributed by atoms with Gasteiger partial charge in [-0.15, -0.1) is 0 Å². The molecule has 4 nitrogen and oxygen atoms in total. The van der Waals surface area contributed by atoms with E-state index in [0.717, 1.165) is 16.6 Å². The van der Waals surface area contributed by atoms with E-state index in [0.29, 0.717) is 5.02 Å². The summed E-state index contributed by atoms with van der Waals surface area (Å²) in [6.07, 6.45) is 0.279. The first kappa shape index (κ1) is 11.0. The number of carbonyl (C=O) groups is 1. The lowest BCUT2D eigenvalue weighted by molar-refractivity contribution is -0.138. The number of rotatable bonds is 3. The van der Waals surface area contributed by atoms with Crippen molar-refractivity contribution in [3.8, 4) is 0 Å². The van der Waals surface area contributed by atoms with Crippen molar-refractivity contribution in [2.45, 2.75) is 12.5 Å². The molecule has 0 fully saturated rings. The van der Waals surface area contributed by atoms with Crippen molar-refractivity contribution >= 4 is 28.5 Å². The molecule has 0 bridgehead atoms. The predicted octanol–water partition coefficient (Wildman–Crippen LogP) is 1.78. The van der Waals surface area contributed by atoms with Crippen LogP contribution >= 0.6 is 11.6 Å². The van der Waals surface area contributed by atoms with Crippen molar-refractivity contribution < 1.29 is 9.90 Å². The number of nitrogens with two attached hydrogens (primary N) is 1. The molecule has 5 heteroatoms. The number of carboxylic acid groups (broad SMARTS) is 1. The van der Waals surface area contributed by atoms with E-state index < -0.39 is 12.0 Å². The molecule has 84 valence electrons. The van der Waals surface area contributed by atoms with Gasteiger partial charge in [0, 0.05) is 22.7 Å². The maximum atomic E-state index is 10.6. The zero-order valence-corrected chi connectivity index (χ0v) is 9.16. The van der Waals surface area contributed by atoms with E-state index in [1.807, 2.05) is 12.1 Å². The lowest BCUT2D eigenvalue weighted by Crippen LogP contribution is -2.32. The third-order valence-corrected chi connectivity index (χ3v) is 2.63. The van der Waals surface area contributed by atoms with E-state index in [2.05, 4.69) is 4.98 Å². The lowest BCUT2D eigenvalue weighted by atomic mass is 10.1. The van der Waals surface area contributed by atoms with E-state index in [1.165, 1.54) is 0 Å². The Bertz CT molecular complexity index is 536. The van der Waals surface area contributed by atoms with Gasteiger partial charge in [-0.3, -0.25) is 4.79 Å². The van der Waals surface area contributed by atoms with Gasteiger partial charge in [-0.1, -0.05) is 17.7 Å². The van der Waals surface area contributed by atoms with Gasteiger partial charge in [0.2, 0.25) is 0 Å². The zero-order valence-electron chi connectivity index (χ0n) is 8.40. The molecule has 0 aliphatic rings. The molecule has 0 radical (unpaired) electrons. The van der Waals surface area contributed by atoms with Crippen LogP contribution in [0.25, 0.3) is 10.9 Å². The molecule has 0 unspecified atom stereocenters. The summed E-state index contributed by atoms with van der Waals surface area (Å²) in [5, 5.41) is 10.3. The topological polar surface area (TPSA) is 79.1 Å². The predicted molar refractivity (Wildman–Crippen MR) is 62.6 cm³/mol. The summed E-state index contributed by atoms with van der Waals surface area (Å²) in [4.78, 5) is 13.7. The molecule has 0 amide bonds. The van der Waals surface area contributed by atoms with Crippen LogP contribution in [0.3, 0.4) is 0 Å². The minimum atomic E-state index is -1.00. The number of nitrogens with one attached hydrogen (secondary N) is 1. The summed E-state index contributed by atoms with van der Waals surface area (Å²) < 4.78 is 0. The molecule has 0 aliphatic heterocycles. The summed E-state index contributed by atoms with van der Waals surface area (Å²) in [6, 6.07) is 6.47. The van der Waals surface area contributed by atoms with Crippen LogP contribution in [0.5, 0.6) is 0 Å². The number of hydrogen-bond acceptors (Lipinski definition) is 2. The Morgan fingerprint density at radius 1 is 1.50 bits per heavy atom. The first-order valence-electron chi connectivity index (χ1n) is 4.82. The van der Waals surface area contributed by atoms with Gasteiger partial charge in [-0.05, 0) is 23.6 Å². The van der Waals surface area contributed by atoms with E-state index >= 15 is 0 Å². The van der Waals surface area contributed by atoms with Crippen molar-refractivity contribution in [1.29, 1.82) is 0 Å². The van der Waals surface area contributed by atoms with Crippen molar-refractivity contribution in [2.24, 2.45) is 5.73 Å². The summed E-state index contributed by atoms with van der Waals surface area (Å²) in [5.74, 6) is -1.00. The number of benzene rings is 1. The number of aromatic nitrogens is 1. The molecule has 2 aromatic rings. The van der Waals surface area contributed by atoms with Gasteiger partial charge in [-0.25, -0.2) is 0 Å². The minimum Gasteiger partial charge on any atom is -0.480 e. The molecular weight excluding hydrogens is 228 g/mol. The van der Waals surface area contributed by atoms with Crippen molar-refractivity contribution in [3.63, 3.8) is 0 Å². The van der Waals surface area contributed by atoms with E-state index in [-0.39, 0.29) is 6.42 Å². The van der Waals surface area contributed by atoms with Crippen LogP contribution in [0.4, 0.5) is 0 Å². The Morgan fingerprint density at radius 3 is 2.94 bits per heavy atom. The minimum absolute atomic E-state index is 0.279. The first-order valence-corrected chi connectivity index (χ1v) is 5.19. The summed E-state index contributed by atoms with van der Waals surface area (Å²) >= 11 is 5.85. The first-order chi connectivity index (χ1) is 7.56. The van der Waals surface area contributed by atoms with Crippen LogP contribution in [0.1, 0.15) is 5.69 Å². The van der Waals surface area contributed by atoms with Crippen LogP contribution in [0.15, 0.2) is 24.3 Å². The molecule has 0 aliphatic carbocycles. The molecule has 4 N–H and O–H groups in total. The number of hydrogen-bond donors (Lipinski definition) is 3. The summed E-state index contributed by atoms with van der Waals surface area (Å²) in [7, 11) is 0. The van der Waals surface area contributed by atoms with Gasteiger partial charge in [0.05, 0.1) is 0 Å². The highest BCUT2D eigenvalue weighted by molar-refractivity contribution is 6.31. The van der Waals surface area contributed by atoms with Crippen molar-refractivity contribution in [1.82, 2.24) is 4.98 Å². The SMILES string of the molecule is N[C@@H](Cc1cc2ccc(Cl)cc2[nH]1)C(=O)O. The van der Waals surface area contributed by atoms with Gasteiger partial charge in [0.1, 0.15) is 6.04 Å². The quantitative estimate of drug-likeness (QED) is 0.763. The molecule has 2 rings (SSSR count). The largest absolute Gasteiger partial charge is 0.480 e. The molecule has 0 spiro atoms. The molecule has 0 saturated carbocycles. The second kappa shape index (κ2) is 4.15. The van der Waals surface area contributed by atoms with Crippen molar-refractivity contribution in [2.75, 3.05) is 0 Å². The van der Waals surface area contributed by atoms with Crippen molar-refractivity contribution in [3.05, 3.63) is 35.0 Å². The second-order valence-corrected chi connectivity index (χ2v) is 4.11. The number of fused-ring (bicyclic) bond motifs is 1. The fraction of sp³-hybridized carbons (Fsp3) is 0.182. The smallest absolute Gasteiger partial charge is 0.320 e. The molecular formula is C11H11ClN2O2. The molecule has 1 aromatic heterocycles. The van der Waals surface area contributed by atoms with Gasteiger partial charge < -0.3 is 15.8 Å². The Balaban J connectivity index is 2.29. The molecule has 1 heterocycles. The Morgan fingerprint density at radius 2 is 2.25 bits per heavy atom. The number of aromatic amines is 1. The number of halogens is 1. The highest BCUT2D eigenvalue weighted by Crippen LogP contribution is 2.20.